The molecule has 2 atom stereocenters. The molecule has 8 heteroatoms. The Balaban J connectivity index is 2.99. The van der Waals surface area contributed by atoms with Gasteiger partial charge in [0, 0.05) is 17.5 Å². The van der Waals surface area contributed by atoms with E-state index in [-0.39, 0.29) is 21.7 Å². The number of hydrogen-bond donors (Lipinski definition) is 2. The predicted molar refractivity (Wildman–Crippen MR) is 162 cm³/mol. The molecule has 2 aromatic carbocycles. The Kier molecular flexibility index (Phi) is 10.1. The van der Waals surface area contributed by atoms with Crippen molar-refractivity contribution < 1.29 is 18.8 Å². The lowest BCUT2D eigenvalue weighted by Gasteiger charge is -2.31. The van der Waals surface area contributed by atoms with Crippen LogP contribution in [-0.2, 0) is 28.1 Å². The van der Waals surface area contributed by atoms with Crippen LogP contribution in [0, 0.1) is 0 Å². The van der Waals surface area contributed by atoms with Crippen molar-refractivity contribution in [2.24, 2.45) is 0 Å². The maximum Gasteiger partial charge on any atom is 0.335 e. The topological polar surface area (TPSA) is 58.9 Å². The zero-order chi connectivity index (χ0) is 28.7. The van der Waals surface area contributed by atoms with Gasteiger partial charge in [-0.2, -0.15) is 0 Å². The highest BCUT2D eigenvalue weighted by atomic mass is 35.7. The summed E-state index contributed by atoms with van der Waals surface area (Å²) < 4.78 is 11.9. The van der Waals surface area contributed by atoms with Crippen LogP contribution < -0.4 is 9.05 Å². The third-order valence-corrected chi connectivity index (χ3v) is 7.47. The van der Waals surface area contributed by atoms with E-state index in [1.165, 1.54) is 0 Å². The van der Waals surface area contributed by atoms with Gasteiger partial charge in [0.2, 0.25) is 0 Å². The summed E-state index contributed by atoms with van der Waals surface area (Å²) in [5.41, 5.74) is 5.31. The second-order valence-electron chi connectivity index (χ2n) is 13.8. The van der Waals surface area contributed by atoms with Gasteiger partial charge in [-0.3, -0.25) is 0 Å². The first-order valence-electron chi connectivity index (χ1n) is 12.5. The van der Waals surface area contributed by atoms with Crippen LogP contribution in [0.4, 0.5) is 0 Å². The van der Waals surface area contributed by atoms with Gasteiger partial charge >= 0.3 is 15.5 Å². The van der Waals surface area contributed by atoms with Gasteiger partial charge in [0.05, 0.1) is 0 Å². The van der Waals surface area contributed by atoms with Gasteiger partial charge in [-0.25, -0.2) is 0 Å². The van der Waals surface area contributed by atoms with Crippen LogP contribution in [-0.4, -0.2) is 9.79 Å². The molecule has 0 spiro atoms. The minimum absolute atomic E-state index is 0.114. The van der Waals surface area contributed by atoms with Crippen LogP contribution in [0.3, 0.4) is 0 Å². The molecule has 0 aliphatic heterocycles. The van der Waals surface area contributed by atoms with Crippen molar-refractivity contribution in [2.75, 3.05) is 0 Å². The van der Waals surface area contributed by atoms with Crippen molar-refractivity contribution in [2.45, 2.75) is 111 Å². The predicted octanol–water partition coefficient (Wildman–Crippen LogP) is 10.1. The van der Waals surface area contributed by atoms with Crippen molar-refractivity contribution in [3.8, 4) is 11.5 Å². The van der Waals surface area contributed by atoms with E-state index in [4.69, 9.17) is 31.5 Å². The molecule has 0 saturated heterocycles. The standard InChI is InChI=1S/C29H44Cl2O4P2/c1-26(2,3)20-14-18(24(34-36(30)32)22(16-20)28(7,8)9)13-19-15-21(27(4,5)6)17-23(29(10,11)12)25(19)35-37(31)33/h14-17,32-33H,13H2,1-12H3. The van der Waals surface area contributed by atoms with Gasteiger partial charge in [0.1, 0.15) is 11.5 Å². The highest BCUT2D eigenvalue weighted by Crippen LogP contribution is 2.50. The second kappa shape index (κ2) is 11.5. The van der Waals surface area contributed by atoms with Gasteiger partial charge in [-0.15, -0.1) is 0 Å². The molecule has 2 rings (SSSR count). The van der Waals surface area contributed by atoms with Crippen molar-refractivity contribution in [1.82, 2.24) is 0 Å². The largest absolute Gasteiger partial charge is 0.435 e. The fourth-order valence-electron chi connectivity index (χ4n) is 4.19. The second-order valence-corrected chi connectivity index (χ2v) is 16.8. The summed E-state index contributed by atoms with van der Waals surface area (Å²) >= 11 is 12.1. The van der Waals surface area contributed by atoms with Gasteiger partial charge < -0.3 is 18.8 Å². The molecule has 0 heterocycles. The minimum Gasteiger partial charge on any atom is -0.435 e. The van der Waals surface area contributed by atoms with E-state index in [0.717, 1.165) is 33.4 Å². The molecule has 2 N–H and O–H groups in total. The van der Waals surface area contributed by atoms with Crippen LogP contribution in [0.1, 0.15) is 116 Å². The Hall–Kier alpha value is -0.600. The molecule has 0 aromatic heterocycles. The summed E-state index contributed by atoms with van der Waals surface area (Å²) in [6, 6.07) is 8.58. The van der Waals surface area contributed by atoms with Gasteiger partial charge in [0.15, 0.2) is 0 Å². The van der Waals surface area contributed by atoms with E-state index in [2.05, 4.69) is 107 Å². The maximum atomic E-state index is 10.1. The smallest absolute Gasteiger partial charge is 0.335 e. The molecule has 0 amide bonds. The highest BCUT2D eigenvalue weighted by Gasteiger charge is 2.31. The number of rotatable bonds is 6. The van der Waals surface area contributed by atoms with Crippen molar-refractivity contribution in [3.05, 3.63) is 57.6 Å². The van der Waals surface area contributed by atoms with E-state index in [9.17, 15) is 9.79 Å². The average molecular weight is 590 g/mol. The Bertz CT molecular complexity index is 1020. The summed E-state index contributed by atoms with van der Waals surface area (Å²) in [6.45, 7) is 25.8. The summed E-state index contributed by atoms with van der Waals surface area (Å²) in [4.78, 5) is 20.3. The lowest BCUT2D eigenvalue weighted by Crippen LogP contribution is -2.20. The maximum absolute atomic E-state index is 10.1. The molecular weight excluding hydrogens is 545 g/mol. The third kappa shape index (κ3) is 8.69. The first-order valence-corrected chi connectivity index (χ1v) is 16.8. The van der Waals surface area contributed by atoms with E-state index in [0.29, 0.717) is 17.9 Å². The van der Waals surface area contributed by atoms with Gasteiger partial charge in [-0.05, 0) is 66.4 Å². The summed E-state index contributed by atoms with van der Waals surface area (Å²) in [5, 5.41) is 0. The Morgan fingerprint density at radius 1 is 0.568 bits per heavy atom. The number of halogens is 2. The molecular formula is C29H44Cl2O4P2. The molecule has 2 unspecified atom stereocenters. The first kappa shape index (κ1) is 32.6. The molecule has 0 aliphatic rings. The summed E-state index contributed by atoms with van der Waals surface area (Å²) in [7, 11) is -4.31. The molecule has 2 aromatic rings. The fourth-order valence-corrected chi connectivity index (χ4v) is 5.34. The number of benzene rings is 2. The van der Waals surface area contributed by atoms with E-state index < -0.39 is 15.5 Å². The Morgan fingerprint density at radius 3 is 1.08 bits per heavy atom. The highest BCUT2D eigenvalue weighted by molar-refractivity contribution is 7.75. The Morgan fingerprint density at radius 2 is 0.865 bits per heavy atom. The zero-order valence-electron chi connectivity index (χ0n) is 24.4. The molecule has 4 nitrogen and oxygen atoms in total. The Labute approximate surface area is 236 Å². The molecule has 0 saturated carbocycles. The SMILES string of the molecule is CC(C)(C)c1cc(Cc2cc(C(C)(C)C)cc(C(C)(C)C)c2OP(O)Cl)c(OP(O)Cl)c(C(C)(C)C)c1. The fraction of sp³-hybridized carbons (Fsp3) is 0.586. The molecule has 208 valence electrons. The molecule has 0 bridgehead atoms. The average Bonchev–Trinajstić information content (AvgIpc) is 2.65. The van der Waals surface area contributed by atoms with Crippen LogP contribution in [0.2, 0.25) is 0 Å². The van der Waals surface area contributed by atoms with Crippen molar-refractivity contribution in [3.63, 3.8) is 0 Å². The summed E-state index contributed by atoms with van der Waals surface area (Å²) in [6.07, 6.45) is 0.449. The first-order chi connectivity index (χ1) is 16.5. The number of hydrogen-bond acceptors (Lipinski definition) is 4. The molecule has 0 fully saturated rings. The van der Waals surface area contributed by atoms with Gasteiger partial charge in [-0.1, -0.05) is 107 Å². The quantitative estimate of drug-likeness (QED) is 0.329. The van der Waals surface area contributed by atoms with E-state index in [1.54, 1.807) is 0 Å². The third-order valence-electron chi connectivity index (χ3n) is 6.39. The van der Waals surface area contributed by atoms with Crippen LogP contribution >= 0.6 is 37.9 Å². The monoisotopic (exact) mass is 588 g/mol. The van der Waals surface area contributed by atoms with Crippen LogP contribution in [0.25, 0.3) is 0 Å². The van der Waals surface area contributed by atoms with Gasteiger partial charge in [0.25, 0.3) is 0 Å². The molecule has 0 radical (unpaired) electrons. The minimum atomic E-state index is -2.16. The van der Waals surface area contributed by atoms with Crippen molar-refractivity contribution in [1.29, 1.82) is 0 Å². The normalized spacial score (nSPS) is 14.9. The molecule has 0 aliphatic carbocycles. The lowest BCUT2D eigenvalue weighted by molar-refractivity contribution is 0.474. The van der Waals surface area contributed by atoms with E-state index >= 15 is 0 Å². The lowest BCUT2D eigenvalue weighted by atomic mass is 9.76. The molecule has 37 heavy (non-hydrogen) atoms. The zero-order valence-corrected chi connectivity index (χ0v) is 27.7. The van der Waals surface area contributed by atoms with E-state index in [1.807, 2.05) is 0 Å². The van der Waals surface area contributed by atoms with Crippen molar-refractivity contribution >= 4 is 37.9 Å². The van der Waals surface area contributed by atoms with Crippen LogP contribution in [0.15, 0.2) is 24.3 Å². The summed E-state index contributed by atoms with van der Waals surface area (Å²) in [5.74, 6) is 1.18. The van der Waals surface area contributed by atoms with Crippen LogP contribution in [0.5, 0.6) is 11.5 Å².